The van der Waals surface area contributed by atoms with Crippen molar-refractivity contribution >= 4 is 0 Å². The smallest absolute Gasteiger partial charge is 0.302 e. The van der Waals surface area contributed by atoms with Crippen LogP contribution >= 0.6 is 0 Å². The second-order valence-electron chi connectivity index (χ2n) is 3.33. The van der Waals surface area contributed by atoms with Gasteiger partial charge in [-0.05, 0) is 24.3 Å². The number of hydrogen-bond acceptors (Lipinski definition) is 2. The third-order valence-electron chi connectivity index (χ3n) is 2.29. The zero-order chi connectivity index (χ0) is 11.6. The van der Waals surface area contributed by atoms with Gasteiger partial charge in [-0.3, -0.25) is 4.98 Å². The van der Waals surface area contributed by atoms with Crippen LogP contribution in [0.4, 0.5) is 8.78 Å². The minimum absolute atomic E-state index is 0.191. The lowest BCUT2D eigenvalue weighted by Gasteiger charge is -2.17. The number of benzene rings is 1. The first kappa shape index (κ1) is 10.5. The van der Waals surface area contributed by atoms with Crippen molar-refractivity contribution in [2.24, 2.45) is 0 Å². The van der Waals surface area contributed by atoms with Crippen molar-refractivity contribution in [2.75, 3.05) is 0 Å². The molecule has 0 radical (unpaired) electrons. The number of alkyl halides is 2. The Hall–Kier alpha value is -1.97. The molecule has 1 heterocycles. The van der Waals surface area contributed by atoms with Gasteiger partial charge < -0.3 is 5.11 Å². The van der Waals surface area contributed by atoms with Crippen molar-refractivity contribution in [3.63, 3.8) is 0 Å². The molecule has 4 heteroatoms. The Morgan fingerprint density at radius 1 is 1.00 bits per heavy atom. The number of rotatable bonds is 2. The van der Waals surface area contributed by atoms with E-state index in [2.05, 4.69) is 4.98 Å². The summed E-state index contributed by atoms with van der Waals surface area (Å²) in [5.74, 6) is -3.63. The van der Waals surface area contributed by atoms with Crippen molar-refractivity contribution in [3.8, 4) is 5.75 Å². The van der Waals surface area contributed by atoms with E-state index in [0.717, 1.165) is 0 Å². The minimum atomic E-state index is -3.21. The van der Waals surface area contributed by atoms with Crippen LogP contribution in [-0.4, -0.2) is 10.1 Å². The highest BCUT2D eigenvalue weighted by atomic mass is 19.3. The second kappa shape index (κ2) is 3.89. The Morgan fingerprint density at radius 2 is 1.62 bits per heavy atom. The van der Waals surface area contributed by atoms with E-state index in [1.165, 1.54) is 48.8 Å². The normalized spacial score (nSPS) is 11.4. The Balaban J connectivity index is 2.51. The molecule has 0 atom stereocenters. The number of halogens is 2. The van der Waals surface area contributed by atoms with Gasteiger partial charge in [0.2, 0.25) is 0 Å². The van der Waals surface area contributed by atoms with Crippen molar-refractivity contribution < 1.29 is 13.9 Å². The molecule has 82 valence electrons. The Bertz CT molecular complexity index is 485. The van der Waals surface area contributed by atoms with Gasteiger partial charge in [0.15, 0.2) is 0 Å². The van der Waals surface area contributed by atoms with Crippen LogP contribution in [0.1, 0.15) is 11.1 Å². The number of hydrogen-bond donors (Lipinski definition) is 1. The van der Waals surface area contributed by atoms with E-state index in [4.69, 9.17) is 0 Å². The molecular formula is C12H9F2NO. The first-order valence-electron chi connectivity index (χ1n) is 4.69. The van der Waals surface area contributed by atoms with Crippen LogP contribution in [0.3, 0.4) is 0 Å². The largest absolute Gasteiger partial charge is 0.507 e. The predicted octanol–water partition coefficient (Wildman–Crippen LogP) is 2.93. The van der Waals surface area contributed by atoms with Gasteiger partial charge in [-0.25, -0.2) is 0 Å². The topological polar surface area (TPSA) is 33.1 Å². The quantitative estimate of drug-likeness (QED) is 0.845. The van der Waals surface area contributed by atoms with Crippen LogP contribution in [-0.2, 0) is 5.92 Å². The summed E-state index contributed by atoms with van der Waals surface area (Å²) in [7, 11) is 0. The number of aromatic hydroxyl groups is 1. The number of nitrogens with zero attached hydrogens (tertiary/aromatic N) is 1. The maximum absolute atomic E-state index is 14.0. The van der Waals surface area contributed by atoms with E-state index in [9.17, 15) is 13.9 Å². The fourth-order valence-electron chi connectivity index (χ4n) is 1.46. The predicted molar refractivity (Wildman–Crippen MR) is 55.3 cm³/mol. The molecule has 0 fully saturated rings. The summed E-state index contributed by atoms with van der Waals surface area (Å²) in [6, 6.07) is 7.87. The van der Waals surface area contributed by atoms with E-state index in [1.54, 1.807) is 0 Å². The van der Waals surface area contributed by atoms with Gasteiger partial charge in [-0.1, -0.05) is 12.1 Å². The van der Waals surface area contributed by atoms with Crippen molar-refractivity contribution in [1.82, 2.24) is 4.98 Å². The molecule has 1 N–H and O–H groups in total. The maximum atomic E-state index is 14.0. The lowest BCUT2D eigenvalue weighted by atomic mass is 10.0. The summed E-state index contributed by atoms with van der Waals surface area (Å²) in [6.45, 7) is 0. The standard InChI is InChI=1S/C12H9F2NO/c13-12(14,9-5-7-15-8-6-9)10-3-1-2-4-11(10)16/h1-8,16H. The molecule has 0 spiro atoms. The second-order valence-corrected chi connectivity index (χ2v) is 3.33. The van der Waals surface area contributed by atoms with Gasteiger partial charge in [-0.15, -0.1) is 0 Å². The number of phenols is 1. The highest BCUT2D eigenvalue weighted by Gasteiger charge is 2.36. The van der Waals surface area contributed by atoms with Gasteiger partial charge in [0.05, 0.1) is 5.56 Å². The molecule has 0 aliphatic heterocycles. The summed E-state index contributed by atoms with van der Waals surface area (Å²) in [6.07, 6.45) is 2.59. The van der Waals surface area contributed by atoms with Gasteiger partial charge in [0.1, 0.15) is 5.75 Å². The summed E-state index contributed by atoms with van der Waals surface area (Å²) in [5.41, 5.74) is -0.592. The molecule has 1 aromatic carbocycles. The third kappa shape index (κ3) is 1.74. The fourth-order valence-corrected chi connectivity index (χ4v) is 1.46. The molecular weight excluding hydrogens is 212 g/mol. The first-order chi connectivity index (χ1) is 7.62. The molecule has 0 amide bonds. The lowest BCUT2D eigenvalue weighted by molar-refractivity contribution is 0.0402. The molecule has 16 heavy (non-hydrogen) atoms. The fraction of sp³-hybridized carbons (Fsp3) is 0.0833. The van der Waals surface area contributed by atoms with Crippen LogP contribution in [0.25, 0.3) is 0 Å². The van der Waals surface area contributed by atoms with E-state index < -0.39 is 17.2 Å². The molecule has 0 unspecified atom stereocenters. The summed E-state index contributed by atoms with van der Waals surface area (Å²) in [5, 5.41) is 9.41. The Labute approximate surface area is 91.2 Å². The molecule has 0 saturated heterocycles. The number of aromatic nitrogens is 1. The minimum Gasteiger partial charge on any atom is -0.507 e. The van der Waals surface area contributed by atoms with Crippen LogP contribution < -0.4 is 0 Å². The number of para-hydroxylation sites is 1. The zero-order valence-electron chi connectivity index (χ0n) is 8.27. The van der Waals surface area contributed by atoms with E-state index in [1.807, 2.05) is 0 Å². The average molecular weight is 221 g/mol. The van der Waals surface area contributed by atoms with E-state index in [-0.39, 0.29) is 5.56 Å². The molecule has 0 aliphatic carbocycles. The summed E-state index contributed by atoms with van der Waals surface area (Å²) >= 11 is 0. The van der Waals surface area contributed by atoms with Gasteiger partial charge in [0.25, 0.3) is 0 Å². The average Bonchev–Trinajstić information content (AvgIpc) is 2.30. The van der Waals surface area contributed by atoms with Crippen LogP contribution in [0.2, 0.25) is 0 Å². The molecule has 2 rings (SSSR count). The lowest BCUT2D eigenvalue weighted by Crippen LogP contribution is -2.15. The zero-order valence-corrected chi connectivity index (χ0v) is 8.27. The molecule has 2 nitrogen and oxygen atoms in total. The Kier molecular flexibility index (Phi) is 2.56. The van der Waals surface area contributed by atoms with Gasteiger partial charge >= 0.3 is 5.92 Å². The van der Waals surface area contributed by atoms with Gasteiger partial charge in [-0.2, -0.15) is 8.78 Å². The molecule has 2 aromatic rings. The molecule has 0 bridgehead atoms. The van der Waals surface area contributed by atoms with Crippen LogP contribution in [0.5, 0.6) is 5.75 Å². The monoisotopic (exact) mass is 221 g/mol. The van der Waals surface area contributed by atoms with Crippen LogP contribution in [0.15, 0.2) is 48.8 Å². The van der Waals surface area contributed by atoms with Crippen molar-refractivity contribution in [2.45, 2.75) is 5.92 Å². The maximum Gasteiger partial charge on any atom is 0.302 e. The van der Waals surface area contributed by atoms with E-state index in [0.29, 0.717) is 0 Å². The molecule has 0 aliphatic rings. The number of phenolic OH excluding ortho intramolecular Hbond substituents is 1. The Morgan fingerprint density at radius 3 is 2.25 bits per heavy atom. The summed E-state index contributed by atoms with van der Waals surface area (Å²) < 4.78 is 27.9. The van der Waals surface area contributed by atoms with Gasteiger partial charge in [0, 0.05) is 18.0 Å². The van der Waals surface area contributed by atoms with Crippen molar-refractivity contribution in [1.29, 1.82) is 0 Å². The van der Waals surface area contributed by atoms with Crippen LogP contribution in [0, 0.1) is 0 Å². The highest BCUT2D eigenvalue weighted by molar-refractivity contribution is 5.41. The molecule has 0 saturated carbocycles. The first-order valence-corrected chi connectivity index (χ1v) is 4.69. The van der Waals surface area contributed by atoms with E-state index >= 15 is 0 Å². The third-order valence-corrected chi connectivity index (χ3v) is 2.29. The summed E-state index contributed by atoms with van der Waals surface area (Å²) in [4.78, 5) is 3.68. The number of pyridine rings is 1. The van der Waals surface area contributed by atoms with Crippen molar-refractivity contribution in [3.05, 3.63) is 59.9 Å². The SMILES string of the molecule is Oc1ccccc1C(F)(F)c1ccncc1. The molecule has 1 aromatic heterocycles. The highest BCUT2D eigenvalue weighted by Crippen LogP contribution is 2.39.